The summed E-state index contributed by atoms with van der Waals surface area (Å²) in [6, 6.07) is 7.28. The number of pyridine rings is 2. The molecule has 2 fully saturated rings. The number of rotatable bonds is 3. The van der Waals surface area contributed by atoms with Crippen LogP contribution in [0.15, 0.2) is 35.3 Å². The Labute approximate surface area is 173 Å². The molecule has 0 saturated heterocycles. The number of primary amides is 1. The van der Waals surface area contributed by atoms with Crippen LogP contribution in [0.2, 0.25) is 5.02 Å². The van der Waals surface area contributed by atoms with E-state index in [1.807, 2.05) is 13.0 Å². The van der Waals surface area contributed by atoms with Gasteiger partial charge in [-0.15, -0.1) is 0 Å². The summed E-state index contributed by atoms with van der Waals surface area (Å²) in [5, 5.41) is 0.949. The van der Waals surface area contributed by atoms with Crippen LogP contribution in [0.4, 0.5) is 0 Å². The summed E-state index contributed by atoms with van der Waals surface area (Å²) in [7, 11) is 0. The Bertz CT molecular complexity index is 1240. The van der Waals surface area contributed by atoms with Gasteiger partial charge in [0.1, 0.15) is 5.69 Å². The van der Waals surface area contributed by atoms with Crippen molar-refractivity contribution in [2.45, 2.75) is 38.5 Å². The van der Waals surface area contributed by atoms with E-state index in [-0.39, 0.29) is 21.9 Å². The molecule has 0 spiro atoms. The van der Waals surface area contributed by atoms with E-state index in [9.17, 15) is 9.59 Å². The molecule has 3 atom stereocenters. The van der Waals surface area contributed by atoms with Crippen LogP contribution < -0.4 is 11.2 Å². The van der Waals surface area contributed by atoms with E-state index in [1.54, 1.807) is 6.07 Å². The summed E-state index contributed by atoms with van der Waals surface area (Å²) < 4.78 is 0. The summed E-state index contributed by atoms with van der Waals surface area (Å²) in [6.45, 7) is 4.36. The number of hydrogen-bond donors (Lipinski definition) is 2. The largest absolute Gasteiger partial charge is 0.364 e. The van der Waals surface area contributed by atoms with Gasteiger partial charge >= 0.3 is 0 Å². The fraction of sp³-hybridized carbons (Fsp3) is 0.348. The normalized spacial score (nSPS) is 25.2. The molecular formula is C23H22ClN3O2. The van der Waals surface area contributed by atoms with Crippen LogP contribution in [0.25, 0.3) is 22.2 Å². The number of carbonyl (C=O) groups is 1. The molecule has 1 aromatic carbocycles. The highest BCUT2D eigenvalue weighted by Gasteiger charge is 2.52. The lowest BCUT2D eigenvalue weighted by Crippen LogP contribution is -2.20. The van der Waals surface area contributed by atoms with Crippen molar-refractivity contribution >= 4 is 28.4 Å². The number of nitrogens with zero attached hydrogens (tertiary/aromatic N) is 1. The topological polar surface area (TPSA) is 88.8 Å². The lowest BCUT2D eigenvalue weighted by Gasteiger charge is -2.28. The number of aromatic nitrogens is 2. The fourth-order valence-corrected chi connectivity index (χ4v) is 5.63. The maximum atomic E-state index is 12.8. The van der Waals surface area contributed by atoms with Crippen LogP contribution in [0.5, 0.6) is 0 Å². The van der Waals surface area contributed by atoms with Gasteiger partial charge in [0.2, 0.25) is 0 Å². The van der Waals surface area contributed by atoms with E-state index in [1.165, 1.54) is 37.1 Å². The van der Waals surface area contributed by atoms with Crippen molar-refractivity contribution in [2.24, 2.45) is 17.6 Å². The van der Waals surface area contributed by atoms with Gasteiger partial charge < -0.3 is 10.7 Å². The van der Waals surface area contributed by atoms with Crippen LogP contribution in [0, 0.1) is 18.8 Å². The molecule has 5 nitrogen and oxygen atoms in total. The molecule has 0 unspecified atom stereocenters. The van der Waals surface area contributed by atoms with Crippen LogP contribution in [0.1, 0.15) is 47.8 Å². The minimum Gasteiger partial charge on any atom is -0.364 e. The number of nitrogens with two attached hydrogens (primary N) is 1. The average molecular weight is 408 g/mol. The van der Waals surface area contributed by atoms with Gasteiger partial charge in [0.15, 0.2) is 5.43 Å². The molecule has 6 heteroatoms. The molecule has 1 amide bonds. The standard InChI is InChI=1S/C23H22ClN3O2/c1-11-5-15(23(2)9-12-6-13(12)10-23)16(24)7-14(11)18-8-19(28)20-17(27-18)3-4-26-21(20)22(25)29/h3-5,7-8,12-13H,6,9-10H2,1-2H3,(H2,25,29)(H,27,28)/t12-,13+,23+. The van der Waals surface area contributed by atoms with Crippen molar-refractivity contribution in [2.75, 3.05) is 0 Å². The van der Waals surface area contributed by atoms with E-state index in [2.05, 4.69) is 23.0 Å². The van der Waals surface area contributed by atoms with Crippen molar-refractivity contribution < 1.29 is 4.79 Å². The van der Waals surface area contributed by atoms with Crippen LogP contribution in [0.3, 0.4) is 0 Å². The third-order valence-corrected chi connectivity index (χ3v) is 7.04. The number of benzene rings is 1. The number of H-pyrrole nitrogens is 1. The SMILES string of the molecule is Cc1cc([C@@]2(C)C[C@H]3C[C@H]3C2)c(Cl)cc1-c1cc(=O)c2c(C(N)=O)nccc2[nH]1. The molecule has 2 aliphatic rings. The van der Waals surface area contributed by atoms with Gasteiger partial charge in [-0.2, -0.15) is 0 Å². The van der Waals surface area contributed by atoms with E-state index in [0.717, 1.165) is 28.0 Å². The number of carbonyl (C=O) groups excluding carboxylic acids is 1. The molecule has 5 rings (SSSR count). The smallest absolute Gasteiger partial charge is 0.268 e. The molecule has 29 heavy (non-hydrogen) atoms. The van der Waals surface area contributed by atoms with Crippen molar-refractivity contribution in [3.8, 4) is 11.3 Å². The van der Waals surface area contributed by atoms with Crippen LogP contribution in [-0.4, -0.2) is 15.9 Å². The summed E-state index contributed by atoms with van der Waals surface area (Å²) in [6.07, 6.45) is 5.24. The van der Waals surface area contributed by atoms with E-state index in [4.69, 9.17) is 17.3 Å². The monoisotopic (exact) mass is 407 g/mol. The van der Waals surface area contributed by atoms with E-state index < -0.39 is 5.91 Å². The number of aromatic amines is 1. The van der Waals surface area contributed by atoms with Crippen LogP contribution >= 0.6 is 11.6 Å². The zero-order valence-electron chi connectivity index (χ0n) is 16.4. The number of halogens is 1. The minimum atomic E-state index is -0.722. The summed E-state index contributed by atoms with van der Waals surface area (Å²) in [5.41, 5.74) is 9.52. The molecule has 0 aliphatic heterocycles. The highest BCUT2D eigenvalue weighted by Crippen LogP contribution is 2.61. The van der Waals surface area contributed by atoms with Crippen molar-refractivity contribution in [1.29, 1.82) is 0 Å². The predicted molar refractivity (Wildman–Crippen MR) is 114 cm³/mol. The molecule has 148 valence electrons. The zero-order valence-corrected chi connectivity index (χ0v) is 17.1. The third-order valence-electron chi connectivity index (χ3n) is 6.72. The molecule has 3 N–H and O–H groups in total. The van der Waals surface area contributed by atoms with Gasteiger partial charge in [0.25, 0.3) is 5.91 Å². The second-order valence-corrected chi connectivity index (χ2v) is 9.27. The maximum absolute atomic E-state index is 12.8. The number of nitrogens with one attached hydrogen (secondary N) is 1. The summed E-state index contributed by atoms with van der Waals surface area (Å²) in [5.74, 6) is 1.00. The predicted octanol–water partition coefficient (Wildman–Crippen LogP) is 4.34. The first-order valence-corrected chi connectivity index (χ1v) is 10.3. The highest BCUT2D eigenvalue weighted by molar-refractivity contribution is 6.31. The van der Waals surface area contributed by atoms with Gasteiger partial charge in [-0.1, -0.05) is 24.6 Å². The summed E-state index contributed by atoms with van der Waals surface area (Å²) in [4.78, 5) is 31.6. The first-order chi connectivity index (χ1) is 13.8. The first-order valence-electron chi connectivity index (χ1n) is 9.90. The quantitative estimate of drug-likeness (QED) is 0.676. The Morgan fingerprint density at radius 3 is 2.69 bits per heavy atom. The molecule has 2 heterocycles. The Balaban J connectivity index is 1.63. The van der Waals surface area contributed by atoms with E-state index >= 15 is 0 Å². The Hall–Kier alpha value is -2.66. The maximum Gasteiger partial charge on any atom is 0.268 e. The van der Waals surface area contributed by atoms with Crippen LogP contribution in [-0.2, 0) is 5.41 Å². The van der Waals surface area contributed by atoms with Gasteiger partial charge in [-0.05, 0) is 66.7 Å². The molecule has 2 saturated carbocycles. The fourth-order valence-electron chi connectivity index (χ4n) is 5.24. The third kappa shape index (κ3) is 2.87. The molecular weight excluding hydrogens is 386 g/mol. The number of amides is 1. The lowest BCUT2D eigenvalue weighted by atomic mass is 9.77. The summed E-state index contributed by atoms with van der Waals surface area (Å²) >= 11 is 6.75. The molecule has 3 aromatic rings. The van der Waals surface area contributed by atoms with E-state index in [0.29, 0.717) is 11.2 Å². The van der Waals surface area contributed by atoms with Crippen molar-refractivity contribution in [3.05, 3.63) is 62.5 Å². The second kappa shape index (κ2) is 6.17. The van der Waals surface area contributed by atoms with Crippen molar-refractivity contribution in [1.82, 2.24) is 9.97 Å². The second-order valence-electron chi connectivity index (χ2n) is 8.87. The number of aryl methyl sites for hydroxylation is 1. The number of fused-ring (bicyclic) bond motifs is 2. The van der Waals surface area contributed by atoms with Crippen molar-refractivity contribution in [3.63, 3.8) is 0 Å². The minimum absolute atomic E-state index is 0.0203. The zero-order chi connectivity index (χ0) is 20.5. The molecule has 2 aromatic heterocycles. The molecule has 2 aliphatic carbocycles. The molecule has 0 bridgehead atoms. The molecule has 0 radical (unpaired) electrons. The highest BCUT2D eigenvalue weighted by atomic mass is 35.5. The Morgan fingerprint density at radius 2 is 2.00 bits per heavy atom. The van der Waals surface area contributed by atoms with Gasteiger partial charge in [0, 0.05) is 22.8 Å². The lowest BCUT2D eigenvalue weighted by molar-refractivity contribution is 0.0997. The van der Waals surface area contributed by atoms with Gasteiger partial charge in [-0.25, -0.2) is 0 Å². The Morgan fingerprint density at radius 1 is 1.28 bits per heavy atom. The first kappa shape index (κ1) is 18.4. The van der Waals surface area contributed by atoms with Gasteiger partial charge in [0.05, 0.1) is 16.6 Å². The number of hydrogen-bond acceptors (Lipinski definition) is 3. The Kier molecular flexibility index (Phi) is 3.91. The van der Waals surface area contributed by atoms with Gasteiger partial charge in [-0.3, -0.25) is 14.6 Å². The average Bonchev–Trinajstić information content (AvgIpc) is 3.29.